The molecule has 0 N–H and O–H groups in total. The Morgan fingerprint density at radius 3 is 1.42 bits per heavy atom. The van der Waals surface area contributed by atoms with E-state index in [-0.39, 0.29) is 5.41 Å². The summed E-state index contributed by atoms with van der Waals surface area (Å²) in [6.07, 6.45) is 0. The molecule has 0 atom stereocenters. The van der Waals surface area contributed by atoms with Gasteiger partial charge in [0.1, 0.15) is 22.3 Å². The molecular formula is C43H24O2. The van der Waals surface area contributed by atoms with Gasteiger partial charge in [0, 0.05) is 21.5 Å². The number of furan rings is 2. The van der Waals surface area contributed by atoms with Gasteiger partial charge in [-0.05, 0) is 98.1 Å². The fraction of sp³-hybridized carbons (Fsp3) is 0.0233. The number of hydrogen-bond donors (Lipinski definition) is 0. The lowest BCUT2D eigenvalue weighted by molar-refractivity contribution is 0.666. The molecule has 208 valence electrons. The number of hydrogen-bond acceptors (Lipinski definition) is 2. The van der Waals surface area contributed by atoms with Gasteiger partial charge in [0.15, 0.2) is 0 Å². The van der Waals surface area contributed by atoms with Gasteiger partial charge >= 0.3 is 0 Å². The van der Waals surface area contributed by atoms with Crippen molar-refractivity contribution in [3.63, 3.8) is 0 Å². The highest BCUT2D eigenvalue weighted by atomic mass is 16.3. The second-order valence-corrected chi connectivity index (χ2v) is 12.4. The van der Waals surface area contributed by atoms with Crippen molar-refractivity contribution < 1.29 is 8.83 Å². The predicted molar refractivity (Wildman–Crippen MR) is 183 cm³/mol. The summed E-state index contributed by atoms with van der Waals surface area (Å²) in [4.78, 5) is 0. The van der Waals surface area contributed by atoms with E-state index in [1.165, 1.54) is 44.5 Å². The SMILES string of the molecule is c1ccc2c(c1)-c1ccccc1C21c2ccccc2-c2cc3c(cc21)oc1cc(-c2ccc4c(c2)oc2ccccc24)ccc13. The first kappa shape index (κ1) is 23.6. The summed E-state index contributed by atoms with van der Waals surface area (Å²) in [7, 11) is 0. The molecule has 0 saturated carbocycles. The van der Waals surface area contributed by atoms with Gasteiger partial charge in [-0.25, -0.2) is 0 Å². The lowest BCUT2D eigenvalue weighted by atomic mass is 9.70. The molecule has 1 spiro atoms. The average Bonchev–Trinajstić information content (AvgIpc) is 3.81. The molecule has 0 fully saturated rings. The Labute approximate surface area is 258 Å². The minimum Gasteiger partial charge on any atom is -0.456 e. The lowest BCUT2D eigenvalue weighted by Crippen LogP contribution is -2.25. The maximum atomic E-state index is 6.73. The largest absolute Gasteiger partial charge is 0.456 e. The Morgan fingerprint density at radius 1 is 0.311 bits per heavy atom. The van der Waals surface area contributed by atoms with Crippen molar-refractivity contribution in [2.45, 2.75) is 5.41 Å². The number of rotatable bonds is 1. The third-order valence-corrected chi connectivity index (χ3v) is 10.3. The maximum absolute atomic E-state index is 6.73. The van der Waals surface area contributed by atoms with Crippen LogP contribution in [0.2, 0.25) is 0 Å². The summed E-state index contributed by atoms with van der Waals surface area (Å²) in [5.74, 6) is 0. The predicted octanol–water partition coefficient (Wildman–Crippen LogP) is 11.5. The zero-order valence-electron chi connectivity index (χ0n) is 24.2. The van der Waals surface area contributed by atoms with E-state index in [2.05, 4.69) is 133 Å². The van der Waals surface area contributed by atoms with Crippen LogP contribution in [0.5, 0.6) is 0 Å². The van der Waals surface area contributed by atoms with Crippen molar-refractivity contribution in [2.24, 2.45) is 0 Å². The van der Waals surface area contributed by atoms with Gasteiger partial charge in [0.2, 0.25) is 0 Å². The molecule has 2 aliphatic carbocycles. The average molecular weight is 573 g/mol. The van der Waals surface area contributed by atoms with Crippen LogP contribution in [0.4, 0.5) is 0 Å². The van der Waals surface area contributed by atoms with Crippen LogP contribution in [0.3, 0.4) is 0 Å². The topological polar surface area (TPSA) is 26.3 Å². The quantitative estimate of drug-likeness (QED) is 0.196. The van der Waals surface area contributed by atoms with Crippen molar-refractivity contribution in [3.8, 4) is 33.4 Å². The van der Waals surface area contributed by atoms with Gasteiger partial charge in [-0.3, -0.25) is 0 Å². The van der Waals surface area contributed by atoms with Crippen LogP contribution in [-0.4, -0.2) is 0 Å². The standard InChI is InChI=1S/C43H24O2/c1-5-13-35-27(9-1)28-10-2-6-14-36(28)43(35)37-15-7-3-11-29(37)33-23-34-32-20-18-26(22-41(32)45-42(34)24-38(33)43)25-17-19-31-30-12-4-8-16-39(30)44-40(31)21-25/h1-24H. The van der Waals surface area contributed by atoms with E-state index < -0.39 is 0 Å². The van der Waals surface area contributed by atoms with Gasteiger partial charge in [-0.15, -0.1) is 0 Å². The van der Waals surface area contributed by atoms with Gasteiger partial charge < -0.3 is 8.83 Å². The molecule has 7 aromatic carbocycles. The molecule has 9 aromatic rings. The van der Waals surface area contributed by atoms with Gasteiger partial charge in [0.25, 0.3) is 0 Å². The summed E-state index contributed by atoms with van der Waals surface area (Å²) in [6, 6.07) is 52.8. The minimum absolute atomic E-state index is 0.376. The molecule has 0 radical (unpaired) electrons. The second-order valence-electron chi connectivity index (χ2n) is 12.4. The molecular weight excluding hydrogens is 548 g/mol. The fourth-order valence-electron chi connectivity index (χ4n) is 8.45. The van der Waals surface area contributed by atoms with Crippen LogP contribution in [-0.2, 0) is 5.41 Å². The Bertz CT molecular complexity index is 2670. The van der Waals surface area contributed by atoms with E-state index in [1.807, 2.05) is 12.1 Å². The monoisotopic (exact) mass is 572 g/mol. The summed E-state index contributed by atoms with van der Waals surface area (Å²) in [6.45, 7) is 0. The smallest absolute Gasteiger partial charge is 0.136 e. The Balaban J connectivity index is 1.14. The van der Waals surface area contributed by atoms with Gasteiger partial charge in [0.05, 0.1) is 5.41 Å². The van der Waals surface area contributed by atoms with E-state index in [4.69, 9.17) is 8.83 Å². The normalized spacial score (nSPS) is 14.0. The zero-order valence-corrected chi connectivity index (χ0v) is 24.2. The molecule has 0 aliphatic heterocycles. The van der Waals surface area contributed by atoms with Gasteiger partial charge in [-0.1, -0.05) is 103 Å². The van der Waals surface area contributed by atoms with Crippen LogP contribution in [0.25, 0.3) is 77.3 Å². The molecule has 0 saturated heterocycles. The molecule has 2 heteroatoms. The van der Waals surface area contributed by atoms with E-state index >= 15 is 0 Å². The molecule has 2 heterocycles. The highest BCUT2D eigenvalue weighted by Crippen LogP contribution is 2.63. The third-order valence-electron chi connectivity index (χ3n) is 10.3. The van der Waals surface area contributed by atoms with Crippen molar-refractivity contribution in [3.05, 3.63) is 168 Å². The molecule has 2 aromatic heterocycles. The third kappa shape index (κ3) is 2.85. The summed E-state index contributed by atoms with van der Waals surface area (Å²) < 4.78 is 12.9. The number of benzene rings is 7. The Morgan fingerprint density at radius 2 is 0.778 bits per heavy atom. The van der Waals surface area contributed by atoms with E-state index in [1.54, 1.807) is 0 Å². The Hall–Kier alpha value is -5.86. The highest BCUT2D eigenvalue weighted by molar-refractivity contribution is 6.10. The van der Waals surface area contributed by atoms with Crippen LogP contribution in [0.1, 0.15) is 22.3 Å². The van der Waals surface area contributed by atoms with Crippen LogP contribution in [0, 0.1) is 0 Å². The molecule has 11 rings (SSSR count). The summed E-state index contributed by atoms with van der Waals surface area (Å²) in [5.41, 5.74) is 16.0. The summed E-state index contributed by atoms with van der Waals surface area (Å²) >= 11 is 0. The number of fused-ring (bicyclic) bond motifs is 16. The first-order valence-corrected chi connectivity index (χ1v) is 15.5. The van der Waals surface area contributed by atoms with Gasteiger partial charge in [-0.2, -0.15) is 0 Å². The van der Waals surface area contributed by atoms with Crippen molar-refractivity contribution >= 4 is 43.9 Å². The Kier molecular flexibility index (Phi) is 4.29. The van der Waals surface area contributed by atoms with E-state index in [9.17, 15) is 0 Å². The molecule has 2 aliphatic rings. The van der Waals surface area contributed by atoms with Crippen molar-refractivity contribution in [1.29, 1.82) is 0 Å². The van der Waals surface area contributed by atoms with E-state index in [0.29, 0.717) is 0 Å². The fourth-order valence-corrected chi connectivity index (χ4v) is 8.45. The summed E-state index contributed by atoms with van der Waals surface area (Å²) in [5, 5.41) is 4.56. The second kappa shape index (κ2) is 8.19. The number of para-hydroxylation sites is 1. The molecule has 0 bridgehead atoms. The zero-order chi connectivity index (χ0) is 29.3. The highest BCUT2D eigenvalue weighted by Gasteiger charge is 2.51. The molecule has 45 heavy (non-hydrogen) atoms. The first-order chi connectivity index (χ1) is 22.3. The lowest BCUT2D eigenvalue weighted by Gasteiger charge is -2.30. The van der Waals surface area contributed by atoms with Crippen LogP contribution < -0.4 is 0 Å². The minimum atomic E-state index is -0.376. The molecule has 0 unspecified atom stereocenters. The maximum Gasteiger partial charge on any atom is 0.136 e. The van der Waals surface area contributed by atoms with Crippen LogP contribution >= 0.6 is 0 Å². The van der Waals surface area contributed by atoms with E-state index in [0.717, 1.165) is 55.0 Å². The molecule has 2 nitrogen and oxygen atoms in total. The molecule has 0 amide bonds. The first-order valence-electron chi connectivity index (χ1n) is 15.5. The van der Waals surface area contributed by atoms with Crippen molar-refractivity contribution in [1.82, 2.24) is 0 Å². The van der Waals surface area contributed by atoms with Crippen molar-refractivity contribution in [2.75, 3.05) is 0 Å². The van der Waals surface area contributed by atoms with Crippen LogP contribution in [0.15, 0.2) is 154 Å².